The molecular weight excluding hydrogens is 159 g/mol. The molecule has 0 aliphatic carbocycles. The van der Waals surface area contributed by atoms with E-state index in [4.69, 9.17) is 0 Å². The molecule has 4 heteroatoms. The fraction of sp³-hybridized carbons (Fsp3) is 0.875. The number of amides is 1. The quantitative estimate of drug-likeness (QED) is 0.547. The lowest BCUT2D eigenvalue weighted by Crippen LogP contribution is -2.54. The highest BCUT2D eigenvalue weighted by atomic mass is 19.1. The van der Waals surface area contributed by atoms with Gasteiger partial charge in [0.15, 0.2) is 0 Å². The third-order valence-corrected chi connectivity index (χ3v) is 2.94. The SMILES string of the molecule is CN1CC[C@@H]2CNC[C@]2(F)C1=O. The second-order valence-electron chi connectivity index (χ2n) is 3.71. The van der Waals surface area contributed by atoms with Gasteiger partial charge < -0.3 is 10.2 Å². The van der Waals surface area contributed by atoms with Crippen LogP contribution >= 0.6 is 0 Å². The van der Waals surface area contributed by atoms with E-state index in [-0.39, 0.29) is 18.4 Å². The minimum Gasteiger partial charge on any atom is -0.343 e. The van der Waals surface area contributed by atoms with Crippen LogP contribution in [0, 0.1) is 5.92 Å². The maximum Gasteiger partial charge on any atom is 0.261 e. The number of halogens is 1. The van der Waals surface area contributed by atoms with E-state index in [1.807, 2.05) is 0 Å². The molecule has 0 aromatic rings. The van der Waals surface area contributed by atoms with Crippen molar-refractivity contribution in [1.29, 1.82) is 0 Å². The number of likely N-dealkylation sites (tertiary alicyclic amines) is 1. The standard InChI is InChI=1S/C8H13FN2O/c1-11-3-2-6-4-10-5-8(6,9)7(11)12/h6,10H,2-5H2,1H3/t6-,8-/m1/s1. The second kappa shape index (κ2) is 2.42. The van der Waals surface area contributed by atoms with E-state index in [1.165, 1.54) is 4.90 Å². The van der Waals surface area contributed by atoms with E-state index in [1.54, 1.807) is 7.05 Å². The smallest absolute Gasteiger partial charge is 0.261 e. The zero-order valence-corrected chi connectivity index (χ0v) is 7.14. The highest BCUT2D eigenvalue weighted by Crippen LogP contribution is 2.34. The molecule has 0 unspecified atom stereocenters. The number of piperidine rings is 1. The molecule has 1 N–H and O–H groups in total. The van der Waals surface area contributed by atoms with Gasteiger partial charge in [-0.3, -0.25) is 4.79 Å². The number of alkyl halides is 1. The molecule has 12 heavy (non-hydrogen) atoms. The Kier molecular flexibility index (Phi) is 1.61. The van der Waals surface area contributed by atoms with Gasteiger partial charge >= 0.3 is 0 Å². The Labute approximate surface area is 70.9 Å². The molecule has 2 aliphatic heterocycles. The summed E-state index contributed by atoms with van der Waals surface area (Å²) < 4.78 is 13.9. The summed E-state index contributed by atoms with van der Waals surface area (Å²) in [6.07, 6.45) is 0.783. The van der Waals surface area contributed by atoms with Crippen LogP contribution in [0.25, 0.3) is 0 Å². The summed E-state index contributed by atoms with van der Waals surface area (Å²) in [5, 5.41) is 2.93. The van der Waals surface area contributed by atoms with E-state index in [0.29, 0.717) is 13.1 Å². The lowest BCUT2D eigenvalue weighted by atomic mass is 9.85. The zero-order valence-electron chi connectivity index (χ0n) is 7.14. The van der Waals surface area contributed by atoms with Crippen molar-refractivity contribution in [1.82, 2.24) is 10.2 Å². The largest absolute Gasteiger partial charge is 0.343 e. The lowest BCUT2D eigenvalue weighted by Gasteiger charge is -2.35. The molecule has 1 amide bonds. The van der Waals surface area contributed by atoms with Crippen molar-refractivity contribution in [3.8, 4) is 0 Å². The normalized spacial score (nSPS) is 41.7. The van der Waals surface area contributed by atoms with E-state index in [0.717, 1.165) is 6.42 Å². The van der Waals surface area contributed by atoms with Crippen molar-refractivity contribution in [2.24, 2.45) is 5.92 Å². The first-order valence-electron chi connectivity index (χ1n) is 4.30. The molecule has 0 bridgehead atoms. The predicted molar refractivity (Wildman–Crippen MR) is 42.5 cm³/mol. The predicted octanol–water partition coefficient (Wildman–Crippen LogP) is -0.224. The van der Waals surface area contributed by atoms with Crippen LogP contribution in [0.2, 0.25) is 0 Å². The van der Waals surface area contributed by atoms with Gasteiger partial charge in [-0.25, -0.2) is 4.39 Å². The number of carbonyl (C=O) groups excluding carboxylic acids is 1. The van der Waals surface area contributed by atoms with Crippen LogP contribution in [0.4, 0.5) is 4.39 Å². The second-order valence-corrected chi connectivity index (χ2v) is 3.71. The Balaban J connectivity index is 2.26. The number of nitrogens with zero attached hydrogens (tertiary/aromatic N) is 1. The fourth-order valence-electron chi connectivity index (χ4n) is 2.08. The average molecular weight is 172 g/mol. The van der Waals surface area contributed by atoms with Gasteiger partial charge in [-0.1, -0.05) is 0 Å². The summed E-state index contributed by atoms with van der Waals surface area (Å²) in [5.41, 5.74) is -1.60. The molecule has 2 heterocycles. The van der Waals surface area contributed by atoms with Gasteiger partial charge in [0, 0.05) is 32.6 Å². The molecular formula is C8H13FN2O. The molecule has 68 valence electrons. The molecule has 0 aromatic carbocycles. The number of fused-ring (bicyclic) bond motifs is 1. The van der Waals surface area contributed by atoms with Gasteiger partial charge in [-0.15, -0.1) is 0 Å². The van der Waals surface area contributed by atoms with Crippen LogP contribution in [-0.4, -0.2) is 43.2 Å². The van der Waals surface area contributed by atoms with Crippen molar-refractivity contribution in [2.45, 2.75) is 12.1 Å². The summed E-state index contributed by atoms with van der Waals surface area (Å²) in [7, 11) is 1.66. The first-order chi connectivity index (χ1) is 5.64. The first kappa shape index (κ1) is 7.98. The highest BCUT2D eigenvalue weighted by molar-refractivity contribution is 5.87. The van der Waals surface area contributed by atoms with Gasteiger partial charge in [-0.2, -0.15) is 0 Å². The third kappa shape index (κ3) is 0.874. The van der Waals surface area contributed by atoms with Crippen LogP contribution in [0.3, 0.4) is 0 Å². The minimum absolute atomic E-state index is 0.0961. The maximum absolute atomic E-state index is 13.9. The average Bonchev–Trinajstić information content (AvgIpc) is 2.42. The van der Waals surface area contributed by atoms with Gasteiger partial charge in [0.25, 0.3) is 5.91 Å². The van der Waals surface area contributed by atoms with Crippen molar-refractivity contribution in [3.05, 3.63) is 0 Å². The van der Waals surface area contributed by atoms with Crippen LogP contribution < -0.4 is 5.32 Å². The van der Waals surface area contributed by atoms with Crippen molar-refractivity contribution in [2.75, 3.05) is 26.7 Å². The maximum atomic E-state index is 13.9. The fourth-order valence-corrected chi connectivity index (χ4v) is 2.08. The Morgan fingerprint density at radius 3 is 3.25 bits per heavy atom. The monoisotopic (exact) mass is 172 g/mol. The summed E-state index contributed by atoms with van der Waals surface area (Å²) in [5.74, 6) is -0.440. The number of hydrogen-bond acceptors (Lipinski definition) is 2. The van der Waals surface area contributed by atoms with Crippen LogP contribution in [0.5, 0.6) is 0 Å². The topological polar surface area (TPSA) is 32.3 Å². The summed E-state index contributed by atoms with van der Waals surface area (Å²) >= 11 is 0. The molecule has 3 nitrogen and oxygen atoms in total. The Morgan fingerprint density at radius 1 is 1.75 bits per heavy atom. The first-order valence-corrected chi connectivity index (χ1v) is 4.30. The third-order valence-electron chi connectivity index (χ3n) is 2.94. The summed E-state index contributed by atoms with van der Waals surface area (Å²) in [4.78, 5) is 12.9. The summed E-state index contributed by atoms with van der Waals surface area (Å²) in [6, 6.07) is 0. The molecule has 0 saturated carbocycles. The van der Waals surface area contributed by atoms with E-state index in [2.05, 4.69) is 5.32 Å². The zero-order chi connectivity index (χ0) is 8.77. The van der Waals surface area contributed by atoms with Gasteiger partial charge in [-0.05, 0) is 6.42 Å². The highest BCUT2D eigenvalue weighted by Gasteiger charge is 2.53. The molecule has 2 rings (SSSR count). The van der Waals surface area contributed by atoms with E-state index in [9.17, 15) is 9.18 Å². The van der Waals surface area contributed by atoms with Crippen molar-refractivity contribution >= 4 is 5.91 Å². The number of hydrogen-bond donors (Lipinski definition) is 1. The molecule has 0 aromatic heterocycles. The Bertz CT molecular complexity index is 221. The van der Waals surface area contributed by atoms with Crippen LogP contribution in [-0.2, 0) is 4.79 Å². The lowest BCUT2D eigenvalue weighted by molar-refractivity contribution is -0.148. The van der Waals surface area contributed by atoms with Gasteiger partial charge in [0.2, 0.25) is 5.67 Å². The van der Waals surface area contributed by atoms with Crippen LogP contribution in [0.15, 0.2) is 0 Å². The Hall–Kier alpha value is -0.640. The van der Waals surface area contributed by atoms with Crippen molar-refractivity contribution < 1.29 is 9.18 Å². The number of nitrogens with one attached hydrogen (secondary N) is 1. The van der Waals surface area contributed by atoms with E-state index >= 15 is 0 Å². The summed E-state index contributed by atoms with van der Waals surface area (Å²) in [6.45, 7) is 1.54. The molecule has 0 radical (unpaired) electrons. The van der Waals surface area contributed by atoms with E-state index < -0.39 is 5.67 Å². The van der Waals surface area contributed by atoms with Gasteiger partial charge in [0.1, 0.15) is 0 Å². The Morgan fingerprint density at radius 2 is 2.50 bits per heavy atom. The van der Waals surface area contributed by atoms with Crippen LogP contribution in [0.1, 0.15) is 6.42 Å². The van der Waals surface area contributed by atoms with Crippen molar-refractivity contribution in [3.63, 3.8) is 0 Å². The molecule has 2 aliphatic rings. The molecule has 0 spiro atoms. The molecule has 2 fully saturated rings. The number of carbonyl (C=O) groups is 1. The van der Waals surface area contributed by atoms with Gasteiger partial charge in [0.05, 0.1) is 0 Å². The minimum atomic E-state index is -1.60. The number of rotatable bonds is 0. The molecule has 2 saturated heterocycles. The molecule has 2 atom stereocenters.